The Balaban J connectivity index is 2.36. The van der Waals surface area contributed by atoms with Crippen molar-refractivity contribution in [2.45, 2.75) is 4.90 Å². The van der Waals surface area contributed by atoms with E-state index in [4.69, 9.17) is 10.5 Å². The highest BCUT2D eigenvalue weighted by atomic mass is 32.2. The van der Waals surface area contributed by atoms with Crippen LogP contribution >= 0.6 is 11.8 Å². The van der Waals surface area contributed by atoms with Crippen molar-refractivity contribution in [2.24, 2.45) is 5.73 Å². The van der Waals surface area contributed by atoms with Gasteiger partial charge in [0.25, 0.3) is 5.91 Å². The van der Waals surface area contributed by atoms with E-state index < -0.39 is 5.91 Å². The molecular weight excluding hydrogens is 238 g/mol. The van der Waals surface area contributed by atoms with Gasteiger partial charge < -0.3 is 15.4 Å². The summed E-state index contributed by atoms with van der Waals surface area (Å²) in [4.78, 5) is 18.6. The zero-order valence-electron chi connectivity index (χ0n) is 9.68. The van der Waals surface area contributed by atoms with Gasteiger partial charge in [0.2, 0.25) is 0 Å². The monoisotopic (exact) mass is 253 g/mol. The Bertz CT molecular complexity index is 419. The lowest BCUT2D eigenvalue weighted by atomic mass is 10.2. The molecule has 0 spiro atoms. The Hall–Kier alpha value is -1.27. The number of carbonyl (C=O) groups is 1. The van der Waals surface area contributed by atoms with Crippen molar-refractivity contribution in [3.8, 4) is 0 Å². The van der Waals surface area contributed by atoms with Crippen LogP contribution in [0.4, 0.5) is 5.69 Å². The third-order valence-electron chi connectivity index (χ3n) is 2.66. The first-order valence-electron chi connectivity index (χ1n) is 5.39. The number of anilines is 1. The molecule has 0 saturated carbocycles. The van der Waals surface area contributed by atoms with Crippen molar-refractivity contribution in [3.63, 3.8) is 0 Å². The van der Waals surface area contributed by atoms with Gasteiger partial charge in [0, 0.05) is 24.2 Å². The normalized spacial score (nSPS) is 15.9. The first-order valence-corrected chi connectivity index (χ1v) is 6.61. The fourth-order valence-electron chi connectivity index (χ4n) is 1.78. The molecule has 2 rings (SSSR count). The zero-order chi connectivity index (χ0) is 12.3. The van der Waals surface area contributed by atoms with Crippen molar-refractivity contribution in [1.82, 2.24) is 4.98 Å². The molecule has 0 aliphatic carbocycles. The van der Waals surface area contributed by atoms with Gasteiger partial charge in [-0.1, -0.05) is 0 Å². The number of morpholine rings is 1. The molecule has 6 heteroatoms. The fraction of sp³-hybridized carbons (Fsp3) is 0.455. The molecule has 1 aromatic heterocycles. The highest BCUT2D eigenvalue weighted by Gasteiger charge is 2.19. The van der Waals surface area contributed by atoms with E-state index in [9.17, 15) is 4.79 Å². The minimum absolute atomic E-state index is 0.338. The van der Waals surface area contributed by atoms with Gasteiger partial charge in [-0.05, 0) is 12.3 Å². The lowest BCUT2D eigenvalue weighted by Crippen LogP contribution is -2.37. The number of hydrogen-bond acceptors (Lipinski definition) is 5. The molecule has 2 N–H and O–H groups in total. The number of ether oxygens (including phenoxy) is 1. The summed E-state index contributed by atoms with van der Waals surface area (Å²) in [7, 11) is 0. The summed E-state index contributed by atoms with van der Waals surface area (Å²) in [6, 6.07) is 1.96. The number of rotatable bonds is 3. The molecule has 1 aliphatic rings. The second-order valence-corrected chi connectivity index (χ2v) is 4.59. The van der Waals surface area contributed by atoms with Crippen LogP contribution in [0.25, 0.3) is 0 Å². The third kappa shape index (κ3) is 2.70. The zero-order valence-corrected chi connectivity index (χ0v) is 10.5. The van der Waals surface area contributed by atoms with Crippen molar-refractivity contribution in [3.05, 3.63) is 18.0 Å². The van der Waals surface area contributed by atoms with Gasteiger partial charge in [-0.25, -0.2) is 4.98 Å². The fourth-order valence-corrected chi connectivity index (χ4v) is 2.17. The van der Waals surface area contributed by atoms with E-state index in [-0.39, 0.29) is 0 Å². The van der Waals surface area contributed by atoms with Crippen LogP contribution in [0.15, 0.2) is 17.2 Å². The minimum atomic E-state index is -0.487. The van der Waals surface area contributed by atoms with Gasteiger partial charge in [-0.15, -0.1) is 11.8 Å². The molecule has 1 saturated heterocycles. The van der Waals surface area contributed by atoms with E-state index in [1.165, 1.54) is 0 Å². The highest BCUT2D eigenvalue weighted by molar-refractivity contribution is 7.98. The van der Waals surface area contributed by atoms with Crippen molar-refractivity contribution in [1.29, 1.82) is 0 Å². The summed E-state index contributed by atoms with van der Waals surface area (Å²) < 4.78 is 5.29. The number of hydrogen-bond donors (Lipinski definition) is 1. The Morgan fingerprint density at radius 1 is 1.53 bits per heavy atom. The summed E-state index contributed by atoms with van der Waals surface area (Å²) in [5.41, 5.74) is 6.50. The van der Waals surface area contributed by atoms with Crippen LogP contribution in [0.3, 0.4) is 0 Å². The maximum atomic E-state index is 11.4. The minimum Gasteiger partial charge on any atom is -0.378 e. The molecule has 1 aromatic rings. The second kappa shape index (κ2) is 5.37. The molecule has 1 amide bonds. The van der Waals surface area contributed by atoms with Crippen LogP contribution in [0.1, 0.15) is 10.5 Å². The van der Waals surface area contributed by atoms with Gasteiger partial charge in [-0.3, -0.25) is 4.79 Å². The van der Waals surface area contributed by atoms with Gasteiger partial charge in [0.05, 0.1) is 18.9 Å². The lowest BCUT2D eigenvalue weighted by molar-refractivity contribution is 0.0993. The van der Waals surface area contributed by atoms with Crippen LogP contribution in [0.2, 0.25) is 0 Å². The summed E-state index contributed by atoms with van der Waals surface area (Å²) in [6.45, 7) is 2.86. The predicted octanol–water partition coefficient (Wildman–Crippen LogP) is 0.739. The maximum Gasteiger partial charge on any atom is 0.269 e. The summed E-state index contributed by atoms with van der Waals surface area (Å²) in [6.07, 6.45) is 3.65. The van der Waals surface area contributed by atoms with Crippen LogP contribution in [-0.2, 0) is 4.74 Å². The van der Waals surface area contributed by atoms with Crippen LogP contribution in [-0.4, -0.2) is 43.5 Å². The van der Waals surface area contributed by atoms with E-state index in [1.807, 2.05) is 12.3 Å². The van der Waals surface area contributed by atoms with Crippen LogP contribution < -0.4 is 10.6 Å². The molecule has 5 nitrogen and oxygen atoms in total. The number of carbonyl (C=O) groups excluding carboxylic acids is 1. The highest BCUT2D eigenvalue weighted by Crippen LogP contribution is 2.25. The average Bonchev–Trinajstić information content (AvgIpc) is 2.39. The molecule has 17 heavy (non-hydrogen) atoms. The number of primary amides is 1. The largest absolute Gasteiger partial charge is 0.378 e. The van der Waals surface area contributed by atoms with Gasteiger partial charge in [0.15, 0.2) is 5.69 Å². The summed E-state index contributed by atoms with van der Waals surface area (Å²) in [5, 5.41) is 0. The van der Waals surface area contributed by atoms with Crippen LogP contribution in [0.5, 0.6) is 0 Å². The summed E-state index contributed by atoms with van der Waals surface area (Å²) >= 11 is 1.59. The molecule has 0 bridgehead atoms. The Morgan fingerprint density at radius 2 is 2.24 bits per heavy atom. The van der Waals surface area contributed by atoms with E-state index in [0.29, 0.717) is 18.9 Å². The van der Waals surface area contributed by atoms with Gasteiger partial charge in [-0.2, -0.15) is 0 Å². The summed E-state index contributed by atoms with van der Waals surface area (Å²) in [5.74, 6) is -0.487. The lowest BCUT2D eigenvalue weighted by Gasteiger charge is -2.29. The van der Waals surface area contributed by atoms with Crippen molar-refractivity contribution < 1.29 is 9.53 Å². The van der Waals surface area contributed by atoms with E-state index >= 15 is 0 Å². The number of thioether (sulfide) groups is 1. The second-order valence-electron chi connectivity index (χ2n) is 3.71. The first kappa shape index (κ1) is 12.2. The number of amides is 1. The molecule has 0 aromatic carbocycles. The Kier molecular flexibility index (Phi) is 3.86. The van der Waals surface area contributed by atoms with Crippen molar-refractivity contribution >= 4 is 23.4 Å². The Labute approximate surface area is 104 Å². The molecule has 2 heterocycles. The standard InChI is InChI=1S/C11H15N3O2S/c1-17-8-6-9(10(11(12)15)13-7-8)14-2-4-16-5-3-14/h6-7H,2-5H2,1H3,(H2,12,15). The van der Waals surface area contributed by atoms with Gasteiger partial charge >= 0.3 is 0 Å². The predicted molar refractivity (Wildman–Crippen MR) is 67.6 cm³/mol. The molecular formula is C11H15N3O2S. The maximum absolute atomic E-state index is 11.4. The van der Waals surface area contributed by atoms with E-state index in [1.54, 1.807) is 18.0 Å². The average molecular weight is 253 g/mol. The van der Waals surface area contributed by atoms with E-state index in [0.717, 1.165) is 23.7 Å². The number of nitrogens with two attached hydrogens (primary N) is 1. The smallest absolute Gasteiger partial charge is 0.269 e. The van der Waals surface area contributed by atoms with Crippen molar-refractivity contribution in [2.75, 3.05) is 37.5 Å². The topological polar surface area (TPSA) is 68.5 Å². The molecule has 1 aliphatic heterocycles. The molecule has 0 atom stereocenters. The quantitative estimate of drug-likeness (QED) is 0.805. The molecule has 92 valence electrons. The Morgan fingerprint density at radius 3 is 2.82 bits per heavy atom. The SMILES string of the molecule is CSc1cnc(C(N)=O)c(N2CCOCC2)c1. The first-order chi connectivity index (χ1) is 8.22. The van der Waals surface area contributed by atoms with E-state index in [2.05, 4.69) is 9.88 Å². The third-order valence-corrected chi connectivity index (χ3v) is 3.36. The van der Waals surface area contributed by atoms with Crippen LogP contribution in [0, 0.1) is 0 Å². The molecule has 0 unspecified atom stereocenters. The molecule has 0 radical (unpaired) electrons. The van der Waals surface area contributed by atoms with Gasteiger partial charge in [0.1, 0.15) is 0 Å². The number of aromatic nitrogens is 1. The number of pyridine rings is 1. The number of nitrogens with zero attached hydrogens (tertiary/aromatic N) is 2. The molecule has 1 fully saturated rings.